The predicted molar refractivity (Wildman–Crippen MR) is 64.5 cm³/mol. The fourth-order valence-corrected chi connectivity index (χ4v) is 2.26. The summed E-state index contributed by atoms with van der Waals surface area (Å²) in [7, 11) is 0. The molecule has 0 amide bonds. The van der Waals surface area contributed by atoms with Crippen LogP contribution in [0.5, 0.6) is 0 Å². The molecule has 0 saturated carbocycles. The highest BCUT2D eigenvalue weighted by Crippen LogP contribution is 2.22. The average molecular weight is 194 g/mol. The maximum absolute atomic E-state index is 2.50. The lowest BCUT2D eigenvalue weighted by atomic mass is 9.95. The SMILES string of the molecule is CCCCCCCCC1=CCCCC1. The minimum Gasteiger partial charge on any atom is -0.0853 e. The molecule has 0 aromatic carbocycles. The van der Waals surface area contributed by atoms with Crippen LogP contribution in [0.15, 0.2) is 11.6 Å². The molecule has 0 nitrogen and oxygen atoms in total. The van der Waals surface area contributed by atoms with Crippen LogP contribution in [0.4, 0.5) is 0 Å². The molecule has 1 aliphatic rings. The Hall–Kier alpha value is -0.260. The zero-order valence-electron chi connectivity index (χ0n) is 9.86. The zero-order chi connectivity index (χ0) is 10.1. The van der Waals surface area contributed by atoms with Gasteiger partial charge >= 0.3 is 0 Å². The van der Waals surface area contributed by atoms with Crippen LogP contribution in [-0.2, 0) is 0 Å². The molecule has 0 N–H and O–H groups in total. The third-order valence-electron chi connectivity index (χ3n) is 3.24. The van der Waals surface area contributed by atoms with Crippen molar-refractivity contribution < 1.29 is 0 Å². The van der Waals surface area contributed by atoms with Gasteiger partial charge < -0.3 is 0 Å². The van der Waals surface area contributed by atoms with Crippen molar-refractivity contribution in [2.24, 2.45) is 0 Å². The van der Waals surface area contributed by atoms with Crippen LogP contribution in [0.3, 0.4) is 0 Å². The van der Waals surface area contributed by atoms with Gasteiger partial charge in [0.15, 0.2) is 0 Å². The summed E-state index contributed by atoms with van der Waals surface area (Å²) in [6.07, 6.45) is 18.1. The van der Waals surface area contributed by atoms with E-state index >= 15 is 0 Å². The van der Waals surface area contributed by atoms with Crippen LogP contribution >= 0.6 is 0 Å². The summed E-state index contributed by atoms with van der Waals surface area (Å²) >= 11 is 0. The Bertz CT molecular complexity index is 155. The first-order chi connectivity index (χ1) is 6.93. The number of rotatable bonds is 7. The molecule has 0 saturated heterocycles. The van der Waals surface area contributed by atoms with Gasteiger partial charge in [-0.1, -0.05) is 50.7 Å². The van der Waals surface area contributed by atoms with Crippen molar-refractivity contribution in [3.8, 4) is 0 Å². The molecule has 0 aromatic rings. The Morgan fingerprint density at radius 3 is 2.50 bits per heavy atom. The smallest absolute Gasteiger partial charge is 0.0320 e. The van der Waals surface area contributed by atoms with Crippen molar-refractivity contribution in [2.75, 3.05) is 0 Å². The van der Waals surface area contributed by atoms with E-state index in [9.17, 15) is 0 Å². The summed E-state index contributed by atoms with van der Waals surface area (Å²) in [5.74, 6) is 0. The molecule has 82 valence electrons. The molecule has 1 aliphatic carbocycles. The van der Waals surface area contributed by atoms with E-state index in [-0.39, 0.29) is 0 Å². The van der Waals surface area contributed by atoms with E-state index in [0.29, 0.717) is 0 Å². The summed E-state index contributed by atoms with van der Waals surface area (Å²) in [6.45, 7) is 2.28. The topological polar surface area (TPSA) is 0 Å². The maximum atomic E-state index is 2.50. The molecule has 0 heteroatoms. The molecule has 14 heavy (non-hydrogen) atoms. The first-order valence-electron chi connectivity index (χ1n) is 6.61. The van der Waals surface area contributed by atoms with Gasteiger partial charge in [0.05, 0.1) is 0 Å². The minimum absolute atomic E-state index is 1.35. The quantitative estimate of drug-likeness (QED) is 0.384. The molecular formula is C14H26. The van der Waals surface area contributed by atoms with Gasteiger partial charge in [-0.25, -0.2) is 0 Å². The van der Waals surface area contributed by atoms with Gasteiger partial charge in [0.25, 0.3) is 0 Å². The maximum Gasteiger partial charge on any atom is -0.0320 e. The number of hydrogen-bond donors (Lipinski definition) is 0. The normalized spacial score (nSPS) is 16.8. The summed E-state index contributed by atoms with van der Waals surface area (Å²) in [4.78, 5) is 0. The Labute approximate surface area is 89.8 Å². The lowest BCUT2D eigenvalue weighted by molar-refractivity contribution is 0.590. The van der Waals surface area contributed by atoms with E-state index in [0.717, 1.165) is 0 Å². The molecule has 1 rings (SSSR count). The van der Waals surface area contributed by atoms with Crippen molar-refractivity contribution in [1.82, 2.24) is 0 Å². The van der Waals surface area contributed by atoms with E-state index in [1.165, 1.54) is 70.6 Å². The lowest BCUT2D eigenvalue weighted by Gasteiger charge is -2.12. The minimum atomic E-state index is 1.35. The van der Waals surface area contributed by atoms with Gasteiger partial charge in [-0.2, -0.15) is 0 Å². The van der Waals surface area contributed by atoms with Crippen LogP contribution in [0.1, 0.15) is 77.6 Å². The van der Waals surface area contributed by atoms with Crippen molar-refractivity contribution in [3.05, 3.63) is 11.6 Å². The molecule has 0 bridgehead atoms. The highest BCUT2D eigenvalue weighted by molar-refractivity contribution is 5.04. The standard InChI is InChI=1S/C14H26/c1-2-3-4-5-6-8-11-14-12-9-7-10-13-14/h12H,2-11,13H2,1H3. The predicted octanol–water partition coefficient (Wildman–Crippen LogP) is 5.24. The summed E-state index contributed by atoms with van der Waals surface area (Å²) in [6, 6.07) is 0. The fourth-order valence-electron chi connectivity index (χ4n) is 2.26. The van der Waals surface area contributed by atoms with Gasteiger partial charge in [-0.15, -0.1) is 0 Å². The Balaban J connectivity index is 1.90. The first kappa shape index (κ1) is 11.8. The number of unbranched alkanes of at least 4 members (excludes halogenated alkanes) is 5. The molecule has 0 radical (unpaired) electrons. The van der Waals surface area contributed by atoms with Crippen LogP contribution in [0.2, 0.25) is 0 Å². The first-order valence-corrected chi connectivity index (χ1v) is 6.61. The van der Waals surface area contributed by atoms with E-state index in [4.69, 9.17) is 0 Å². The highest BCUT2D eigenvalue weighted by atomic mass is 14.1. The van der Waals surface area contributed by atoms with Crippen molar-refractivity contribution >= 4 is 0 Å². The molecular weight excluding hydrogens is 168 g/mol. The second kappa shape index (κ2) is 8.08. The van der Waals surface area contributed by atoms with E-state index in [1.54, 1.807) is 5.57 Å². The molecule has 0 fully saturated rings. The van der Waals surface area contributed by atoms with Crippen LogP contribution in [0, 0.1) is 0 Å². The highest BCUT2D eigenvalue weighted by Gasteiger charge is 2.02. The van der Waals surface area contributed by atoms with Crippen LogP contribution < -0.4 is 0 Å². The summed E-state index contributed by atoms with van der Waals surface area (Å²) in [5, 5.41) is 0. The average Bonchev–Trinajstić information content (AvgIpc) is 2.25. The molecule has 0 unspecified atom stereocenters. The van der Waals surface area contributed by atoms with Crippen molar-refractivity contribution in [2.45, 2.75) is 77.6 Å². The van der Waals surface area contributed by atoms with Gasteiger partial charge in [0.2, 0.25) is 0 Å². The van der Waals surface area contributed by atoms with Gasteiger partial charge in [-0.05, 0) is 38.5 Å². The van der Waals surface area contributed by atoms with Gasteiger partial charge in [0, 0.05) is 0 Å². The second-order valence-corrected chi connectivity index (χ2v) is 4.63. The van der Waals surface area contributed by atoms with E-state index < -0.39 is 0 Å². The second-order valence-electron chi connectivity index (χ2n) is 4.63. The van der Waals surface area contributed by atoms with Gasteiger partial charge in [-0.3, -0.25) is 0 Å². The molecule has 0 aliphatic heterocycles. The lowest BCUT2D eigenvalue weighted by Crippen LogP contribution is -1.92. The summed E-state index contributed by atoms with van der Waals surface area (Å²) < 4.78 is 0. The Morgan fingerprint density at radius 2 is 1.79 bits per heavy atom. The van der Waals surface area contributed by atoms with E-state index in [2.05, 4.69) is 13.0 Å². The van der Waals surface area contributed by atoms with Crippen LogP contribution in [0.25, 0.3) is 0 Å². The molecule has 0 heterocycles. The van der Waals surface area contributed by atoms with Gasteiger partial charge in [0.1, 0.15) is 0 Å². The third-order valence-corrected chi connectivity index (χ3v) is 3.24. The van der Waals surface area contributed by atoms with Crippen molar-refractivity contribution in [1.29, 1.82) is 0 Å². The number of allylic oxidation sites excluding steroid dienone is 2. The molecule has 0 spiro atoms. The third kappa shape index (κ3) is 5.47. The number of hydrogen-bond acceptors (Lipinski definition) is 0. The largest absolute Gasteiger partial charge is 0.0853 e. The fraction of sp³-hybridized carbons (Fsp3) is 0.857. The Morgan fingerprint density at radius 1 is 1.00 bits per heavy atom. The summed E-state index contributed by atoms with van der Waals surface area (Å²) in [5.41, 5.74) is 1.76. The molecule has 0 aromatic heterocycles. The van der Waals surface area contributed by atoms with Crippen LogP contribution in [-0.4, -0.2) is 0 Å². The molecule has 0 atom stereocenters. The van der Waals surface area contributed by atoms with E-state index in [1.807, 2.05) is 0 Å². The Kier molecular flexibility index (Phi) is 6.82. The monoisotopic (exact) mass is 194 g/mol. The van der Waals surface area contributed by atoms with Crippen molar-refractivity contribution in [3.63, 3.8) is 0 Å². The zero-order valence-corrected chi connectivity index (χ0v) is 9.86.